The molecule has 1 fully saturated rings. The van der Waals surface area contributed by atoms with Crippen molar-refractivity contribution in [1.82, 2.24) is 9.55 Å². The number of ether oxygens (including phenoxy) is 3. The van der Waals surface area contributed by atoms with Crippen molar-refractivity contribution >= 4 is 57.8 Å². The first-order chi connectivity index (χ1) is 17.8. The quantitative estimate of drug-likeness (QED) is 0.256. The van der Waals surface area contributed by atoms with Crippen LogP contribution in [0.4, 0.5) is 4.39 Å². The summed E-state index contributed by atoms with van der Waals surface area (Å²) in [5.74, 6) is -1.39. The van der Waals surface area contributed by atoms with Crippen molar-refractivity contribution < 1.29 is 28.2 Å². The number of alkyl halides is 1. The molecule has 0 N–H and O–H groups in total. The maximum Gasteiger partial charge on any atom is 0.338 e. The highest BCUT2D eigenvalue weighted by molar-refractivity contribution is 6.42. The molecule has 0 radical (unpaired) electrons. The maximum atomic E-state index is 16.0. The molecule has 0 amide bonds. The molecule has 0 spiro atoms. The number of fused-ring (bicyclic) bond motifs is 1. The number of carbonyl (C=O) groups excluding carboxylic acids is 2. The third-order valence-electron chi connectivity index (χ3n) is 5.85. The lowest BCUT2D eigenvalue weighted by atomic mass is 10.1. The van der Waals surface area contributed by atoms with Crippen molar-refractivity contribution in [2.45, 2.75) is 24.6 Å². The number of aromatic nitrogens is 2. The summed E-state index contributed by atoms with van der Waals surface area (Å²) in [5, 5.41) is 0.372. The zero-order valence-electron chi connectivity index (χ0n) is 18.9. The summed E-state index contributed by atoms with van der Waals surface area (Å²) in [5.41, 5.74) is 1.27. The largest absolute Gasteiger partial charge is 0.459 e. The number of imidazole rings is 1. The predicted octanol–water partition coefficient (Wildman–Crippen LogP) is 6.31. The molecule has 4 atom stereocenters. The molecule has 1 saturated heterocycles. The summed E-state index contributed by atoms with van der Waals surface area (Å²) < 4.78 is 34.1. The fraction of sp³-hybridized carbons (Fsp3) is 0.192. The number of hydrogen-bond donors (Lipinski definition) is 0. The SMILES string of the molecule is O=C(OC[C@H]1O[C@H](n2c(Cl)nc3cc(Cl)c(Cl)cc32)[C@@H](F)[C@@H]1OC(=O)c1ccccc1)c1ccccc1. The Balaban J connectivity index is 1.45. The molecule has 0 saturated carbocycles. The van der Waals surface area contributed by atoms with Crippen LogP contribution < -0.4 is 0 Å². The summed E-state index contributed by atoms with van der Waals surface area (Å²) in [6.07, 6.45) is -5.81. The molecule has 0 bridgehead atoms. The molecule has 2 heterocycles. The van der Waals surface area contributed by atoms with Gasteiger partial charge in [-0.1, -0.05) is 59.6 Å². The van der Waals surface area contributed by atoms with Crippen LogP contribution in [0.1, 0.15) is 26.9 Å². The van der Waals surface area contributed by atoms with Gasteiger partial charge in [0.1, 0.15) is 12.7 Å². The highest BCUT2D eigenvalue weighted by Gasteiger charge is 2.50. The van der Waals surface area contributed by atoms with Crippen LogP contribution in [0.25, 0.3) is 11.0 Å². The highest BCUT2D eigenvalue weighted by atomic mass is 35.5. The van der Waals surface area contributed by atoms with Gasteiger partial charge in [-0.05, 0) is 48.0 Å². The normalized spacial score (nSPS) is 21.2. The molecule has 1 aromatic heterocycles. The summed E-state index contributed by atoms with van der Waals surface area (Å²) >= 11 is 18.6. The molecule has 0 aliphatic carbocycles. The average molecular weight is 564 g/mol. The lowest BCUT2D eigenvalue weighted by Gasteiger charge is -2.19. The Hall–Kier alpha value is -3.17. The minimum absolute atomic E-state index is 0.0870. The van der Waals surface area contributed by atoms with Gasteiger partial charge in [0.25, 0.3) is 0 Å². The Morgan fingerprint density at radius 3 is 2.16 bits per heavy atom. The van der Waals surface area contributed by atoms with Gasteiger partial charge >= 0.3 is 11.9 Å². The van der Waals surface area contributed by atoms with Gasteiger partial charge in [-0.15, -0.1) is 0 Å². The van der Waals surface area contributed by atoms with Gasteiger partial charge in [-0.2, -0.15) is 0 Å². The second kappa shape index (κ2) is 10.7. The van der Waals surface area contributed by atoms with Crippen LogP contribution >= 0.6 is 34.8 Å². The molecule has 7 nitrogen and oxygen atoms in total. The fourth-order valence-corrected chi connectivity index (χ4v) is 4.66. The fourth-order valence-electron chi connectivity index (χ4n) is 4.06. The van der Waals surface area contributed by atoms with E-state index >= 15 is 4.39 Å². The smallest absolute Gasteiger partial charge is 0.338 e. The molecule has 3 aromatic carbocycles. The second-order valence-corrected chi connectivity index (χ2v) is 9.37. The van der Waals surface area contributed by atoms with E-state index in [1.165, 1.54) is 16.7 Å². The van der Waals surface area contributed by atoms with Gasteiger partial charge in [0.2, 0.25) is 5.28 Å². The van der Waals surface area contributed by atoms with E-state index in [4.69, 9.17) is 49.0 Å². The van der Waals surface area contributed by atoms with Crippen molar-refractivity contribution in [2.24, 2.45) is 0 Å². The Morgan fingerprint density at radius 2 is 1.51 bits per heavy atom. The number of carbonyl (C=O) groups is 2. The third-order valence-corrected chi connectivity index (χ3v) is 6.84. The van der Waals surface area contributed by atoms with Crippen LogP contribution in [-0.4, -0.2) is 46.5 Å². The van der Waals surface area contributed by atoms with E-state index in [1.807, 2.05) is 0 Å². The number of esters is 2. The standard InChI is InChI=1S/C26H18Cl3FN2O5/c27-16-11-18-19(12-17(16)28)32(26(29)31-18)23-21(30)22(37-25(34)15-9-5-2-6-10-15)20(36-23)13-35-24(33)14-7-3-1-4-8-14/h1-12,20-23H,13H2/t20-,21+,22-,23+/m1/s1. The van der Waals surface area contributed by atoms with E-state index in [-0.39, 0.29) is 27.5 Å². The number of nitrogens with zero attached hydrogens (tertiary/aromatic N) is 2. The first-order valence-corrected chi connectivity index (χ1v) is 12.3. The summed E-state index contributed by atoms with van der Waals surface area (Å²) in [4.78, 5) is 29.5. The number of rotatable bonds is 6. The van der Waals surface area contributed by atoms with E-state index < -0.39 is 36.5 Å². The minimum atomic E-state index is -1.89. The van der Waals surface area contributed by atoms with Crippen LogP contribution in [0.15, 0.2) is 72.8 Å². The zero-order chi connectivity index (χ0) is 26.1. The molecule has 11 heteroatoms. The van der Waals surface area contributed by atoms with Crippen LogP contribution in [0, 0.1) is 0 Å². The van der Waals surface area contributed by atoms with Gasteiger partial charge in [0.15, 0.2) is 18.5 Å². The Bertz CT molecular complexity index is 1450. The Labute approximate surface area is 225 Å². The van der Waals surface area contributed by atoms with Gasteiger partial charge in [0.05, 0.1) is 32.2 Å². The predicted molar refractivity (Wildman–Crippen MR) is 136 cm³/mol. The molecular formula is C26H18Cl3FN2O5. The second-order valence-electron chi connectivity index (χ2n) is 8.22. The number of hydrogen-bond acceptors (Lipinski definition) is 6. The van der Waals surface area contributed by atoms with Crippen LogP contribution in [0.5, 0.6) is 0 Å². The highest BCUT2D eigenvalue weighted by Crippen LogP contribution is 2.40. The van der Waals surface area contributed by atoms with Gasteiger partial charge in [-0.25, -0.2) is 19.0 Å². The Kier molecular flexibility index (Phi) is 7.35. The number of halogens is 4. The number of benzene rings is 3. The molecule has 4 aromatic rings. The molecule has 1 aliphatic rings. The lowest BCUT2D eigenvalue weighted by Crippen LogP contribution is -2.37. The molecule has 0 unspecified atom stereocenters. The van der Waals surface area contributed by atoms with E-state index in [0.29, 0.717) is 16.6 Å². The summed E-state index contributed by atoms with van der Waals surface area (Å²) in [6, 6.07) is 19.4. The van der Waals surface area contributed by atoms with E-state index in [2.05, 4.69) is 4.98 Å². The van der Waals surface area contributed by atoms with Crippen LogP contribution in [-0.2, 0) is 14.2 Å². The van der Waals surface area contributed by atoms with E-state index in [0.717, 1.165) is 0 Å². The summed E-state index contributed by atoms with van der Waals surface area (Å²) in [7, 11) is 0. The summed E-state index contributed by atoms with van der Waals surface area (Å²) in [6.45, 7) is -0.381. The van der Waals surface area contributed by atoms with Crippen molar-refractivity contribution in [3.05, 3.63) is 99.3 Å². The van der Waals surface area contributed by atoms with Crippen molar-refractivity contribution in [3.8, 4) is 0 Å². The molecule has 1 aliphatic heterocycles. The van der Waals surface area contributed by atoms with Crippen molar-refractivity contribution in [3.63, 3.8) is 0 Å². The monoisotopic (exact) mass is 562 g/mol. The first kappa shape index (κ1) is 25.5. The third kappa shape index (κ3) is 5.15. The first-order valence-electron chi connectivity index (χ1n) is 11.1. The topological polar surface area (TPSA) is 79.7 Å². The minimum Gasteiger partial charge on any atom is -0.459 e. The lowest BCUT2D eigenvalue weighted by molar-refractivity contribution is -0.0568. The van der Waals surface area contributed by atoms with Gasteiger partial charge in [0, 0.05) is 0 Å². The molecular weight excluding hydrogens is 546 g/mol. The molecule has 37 heavy (non-hydrogen) atoms. The van der Waals surface area contributed by atoms with Crippen molar-refractivity contribution in [1.29, 1.82) is 0 Å². The zero-order valence-corrected chi connectivity index (χ0v) is 21.2. The average Bonchev–Trinajstić information content (AvgIpc) is 3.38. The molecule has 5 rings (SSSR count). The van der Waals surface area contributed by atoms with E-state index in [9.17, 15) is 9.59 Å². The van der Waals surface area contributed by atoms with Gasteiger partial charge in [-0.3, -0.25) is 4.57 Å². The Morgan fingerprint density at radius 1 is 0.919 bits per heavy atom. The van der Waals surface area contributed by atoms with Gasteiger partial charge < -0.3 is 14.2 Å². The molecule has 190 valence electrons. The van der Waals surface area contributed by atoms with Crippen LogP contribution in [0.3, 0.4) is 0 Å². The van der Waals surface area contributed by atoms with E-state index in [1.54, 1.807) is 60.7 Å². The van der Waals surface area contributed by atoms with Crippen LogP contribution in [0.2, 0.25) is 15.3 Å². The van der Waals surface area contributed by atoms with Crippen molar-refractivity contribution in [2.75, 3.05) is 6.61 Å². The maximum absolute atomic E-state index is 16.0.